The van der Waals surface area contributed by atoms with Crippen molar-refractivity contribution in [2.24, 2.45) is 0 Å². The first-order valence-electron chi connectivity index (χ1n) is 10.6. The van der Waals surface area contributed by atoms with E-state index in [1.54, 1.807) is 24.3 Å². The average molecular weight is 445 g/mol. The molecule has 30 heavy (non-hydrogen) atoms. The van der Waals surface area contributed by atoms with Gasteiger partial charge in [0.1, 0.15) is 5.75 Å². The maximum Gasteiger partial charge on any atom is 0.305 e. The second-order valence-corrected chi connectivity index (χ2v) is 10.1. The Labute approximate surface area is 181 Å². The van der Waals surface area contributed by atoms with Gasteiger partial charge in [0.25, 0.3) is 10.2 Å². The van der Waals surface area contributed by atoms with Gasteiger partial charge in [-0.1, -0.05) is 39.0 Å². The van der Waals surface area contributed by atoms with Gasteiger partial charge in [0, 0.05) is 0 Å². The molecule has 172 valence electrons. The van der Waals surface area contributed by atoms with Crippen molar-refractivity contribution in [1.29, 1.82) is 0 Å². The van der Waals surface area contributed by atoms with Gasteiger partial charge in [-0.2, -0.15) is 13.1 Å². The summed E-state index contributed by atoms with van der Waals surface area (Å²) in [6.07, 6.45) is 6.86. The van der Waals surface area contributed by atoms with Gasteiger partial charge in [-0.05, 0) is 30.7 Å². The number of likely N-dealkylation sites (N-methyl/N-ethyl adjacent to an activating group) is 1. The molecule has 0 fully saturated rings. The highest BCUT2D eigenvalue weighted by molar-refractivity contribution is 7.90. The van der Waals surface area contributed by atoms with Gasteiger partial charge in [-0.3, -0.25) is 9.52 Å². The molecule has 0 unspecified atom stereocenters. The van der Waals surface area contributed by atoms with E-state index in [9.17, 15) is 13.2 Å². The van der Waals surface area contributed by atoms with Gasteiger partial charge in [-0.15, -0.1) is 0 Å². The molecule has 0 amide bonds. The summed E-state index contributed by atoms with van der Waals surface area (Å²) in [5.74, 6) is -0.365. The average Bonchev–Trinajstić information content (AvgIpc) is 2.59. The summed E-state index contributed by atoms with van der Waals surface area (Å²) in [5.41, 5.74) is 0.383. The SMILES string of the molecule is CCCCCCCCOc1ccc(NS(=O)(=O)N[C@@H](CC(=O)O)C[N+](C)(C)C)cc1. The molecule has 0 aliphatic rings. The normalized spacial score (nSPS) is 13.1. The Kier molecular flexibility index (Phi) is 11.1. The smallest absolute Gasteiger partial charge is 0.305 e. The third-order valence-electron chi connectivity index (χ3n) is 4.38. The number of nitrogens with zero attached hydrogens (tertiary/aromatic N) is 1. The van der Waals surface area contributed by atoms with Gasteiger partial charge in [0.15, 0.2) is 0 Å². The van der Waals surface area contributed by atoms with Crippen LogP contribution in [0.1, 0.15) is 51.9 Å². The number of quaternary nitrogens is 1. The van der Waals surface area contributed by atoms with E-state index < -0.39 is 22.2 Å². The third-order valence-corrected chi connectivity index (χ3v) is 5.53. The largest absolute Gasteiger partial charge is 0.494 e. The zero-order valence-electron chi connectivity index (χ0n) is 18.7. The van der Waals surface area contributed by atoms with Crippen molar-refractivity contribution in [3.05, 3.63) is 24.3 Å². The fourth-order valence-electron chi connectivity index (χ4n) is 3.11. The molecule has 0 bridgehead atoms. The molecule has 0 saturated carbocycles. The Hall–Kier alpha value is -1.84. The van der Waals surface area contributed by atoms with Gasteiger partial charge >= 0.3 is 5.97 Å². The number of carboxylic acids is 1. The molecule has 1 atom stereocenters. The van der Waals surface area contributed by atoms with Crippen molar-refractivity contribution in [2.75, 3.05) is 39.0 Å². The van der Waals surface area contributed by atoms with E-state index in [0.29, 0.717) is 29.1 Å². The highest BCUT2D eigenvalue weighted by atomic mass is 32.2. The zero-order chi connectivity index (χ0) is 22.6. The number of hydrogen-bond donors (Lipinski definition) is 3. The quantitative estimate of drug-likeness (QED) is 0.268. The van der Waals surface area contributed by atoms with Crippen LogP contribution in [0.25, 0.3) is 0 Å². The Morgan fingerprint density at radius 1 is 1.07 bits per heavy atom. The van der Waals surface area contributed by atoms with Gasteiger partial charge in [0.2, 0.25) is 0 Å². The number of anilines is 1. The van der Waals surface area contributed by atoms with Crippen molar-refractivity contribution >= 4 is 21.9 Å². The maximum atomic E-state index is 12.4. The van der Waals surface area contributed by atoms with E-state index in [1.165, 1.54) is 25.7 Å². The molecule has 0 saturated heterocycles. The molecule has 0 aliphatic carbocycles. The lowest BCUT2D eigenvalue weighted by Gasteiger charge is -2.29. The molecular weight excluding hydrogens is 406 g/mol. The third kappa shape index (κ3) is 12.7. The molecule has 0 aliphatic heterocycles. The molecule has 0 spiro atoms. The molecule has 0 heterocycles. The molecule has 9 heteroatoms. The lowest BCUT2D eigenvalue weighted by atomic mass is 10.1. The minimum absolute atomic E-state index is 0.290. The van der Waals surface area contributed by atoms with E-state index in [4.69, 9.17) is 9.84 Å². The van der Waals surface area contributed by atoms with Crippen LogP contribution in [0.2, 0.25) is 0 Å². The first-order chi connectivity index (χ1) is 14.0. The van der Waals surface area contributed by atoms with Crippen molar-refractivity contribution in [1.82, 2.24) is 4.72 Å². The number of carboxylic acid groups (broad SMARTS) is 1. The number of unbranched alkanes of at least 4 members (excludes halogenated alkanes) is 5. The van der Waals surface area contributed by atoms with Crippen molar-refractivity contribution < 1.29 is 27.5 Å². The molecule has 1 rings (SSSR count). The van der Waals surface area contributed by atoms with Crippen LogP contribution in [0.5, 0.6) is 5.75 Å². The maximum absolute atomic E-state index is 12.4. The second kappa shape index (κ2) is 12.8. The van der Waals surface area contributed by atoms with E-state index in [2.05, 4.69) is 16.4 Å². The minimum atomic E-state index is -3.91. The van der Waals surface area contributed by atoms with Gasteiger partial charge in [0.05, 0.1) is 52.4 Å². The molecule has 8 nitrogen and oxygen atoms in total. The number of nitrogens with one attached hydrogen (secondary N) is 2. The number of carbonyl (C=O) groups is 1. The molecule has 1 aromatic rings. The first-order valence-corrected chi connectivity index (χ1v) is 12.0. The zero-order valence-corrected chi connectivity index (χ0v) is 19.5. The van der Waals surface area contributed by atoms with Gasteiger partial charge in [-0.25, -0.2) is 0 Å². The van der Waals surface area contributed by atoms with Crippen molar-refractivity contribution in [2.45, 2.75) is 57.9 Å². The fraction of sp³-hybridized carbons (Fsp3) is 0.667. The Morgan fingerprint density at radius 3 is 2.23 bits per heavy atom. The topological polar surface area (TPSA) is 105 Å². The standard InChI is InChI=1S/C21H37N3O5S/c1-5-6-7-8-9-10-15-29-20-13-11-18(12-14-20)22-30(27,28)23-19(16-21(25)26)17-24(2,3)4/h11-14,19,22-23H,5-10,15-17H2,1-4H3/p+1/t19-/m0/s1. The van der Waals surface area contributed by atoms with E-state index in [1.807, 2.05) is 21.1 Å². The molecule has 0 radical (unpaired) electrons. The molecular formula is C21H38N3O5S+. The lowest BCUT2D eigenvalue weighted by molar-refractivity contribution is -0.871. The fourth-order valence-corrected chi connectivity index (χ4v) is 4.21. The number of aliphatic carboxylic acids is 1. The first kappa shape index (κ1) is 26.2. The van der Waals surface area contributed by atoms with Crippen LogP contribution < -0.4 is 14.2 Å². The predicted molar refractivity (Wildman–Crippen MR) is 120 cm³/mol. The molecule has 1 aromatic carbocycles. The molecule has 0 aromatic heterocycles. The van der Waals surface area contributed by atoms with E-state index in [0.717, 1.165) is 12.8 Å². The minimum Gasteiger partial charge on any atom is -0.494 e. The number of rotatable bonds is 16. The van der Waals surface area contributed by atoms with Crippen molar-refractivity contribution in [3.63, 3.8) is 0 Å². The van der Waals surface area contributed by atoms with Crippen LogP contribution in [0.15, 0.2) is 24.3 Å². The van der Waals surface area contributed by atoms with E-state index >= 15 is 0 Å². The van der Waals surface area contributed by atoms with Crippen LogP contribution in [0.3, 0.4) is 0 Å². The predicted octanol–water partition coefficient (Wildman–Crippen LogP) is 3.22. The van der Waals surface area contributed by atoms with Crippen LogP contribution in [0, 0.1) is 0 Å². The highest BCUT2D eigenvalue weighted by Gasteiger charge is 2.25. The Bertz CT molecular complexity index is 730. The summed E-state index contributed by atoms with van der Waals surface area (Å²) >= 11 is 0. The summed E-state index contributed by atoms with van der Waals surface area (Å²) in [6, 6.07) is 5.97. The monoisotopic (exact) mass is 444 g/mol. The molecule has 3 N–H and O–H groups in total. The summed E-state index contributed by atoms with van der Waals surface area (Å²) in [7, 11) is 1.72. The number of hydrogen-bond acceptors (Lipinski definition) is 4. The second-order valence-electron chi connectivity index (χ2n) is 8.63. The van der Waals surface area contributed by atoms with Crippen molar-refractivity contribution in [3.8, 4) is 5.75 Å². The number of benzene rings is 1. The van der Waals surface area contributed by atoms with Crippen LogP contribution in [-0.4, -0.2) is 64.3 Å². The number of ether oxygens (including phenoxy) is 1. The Balaban J connectivity index is 2.53. The summed E-state index contributed by atoms with van der Waals surface area (Å²) < 4.78 is 35.9. The lowest BCUT2D eigenvalue weighted by Crippen LogP contribution is -2.50. The van der Waals surface area contributed by atoms with Gasteiger partial charge < -0.3 is 14.3 Å². The van der Waals surface area contributed by atoms with Crippen LogP contribution in [0.4, 0.5) is 5.69 Å². The summed E-state index contributed by atoms with van der Waals surface area (Å²) in [6.45, 7) is 3.18. The van der Waals surface area contributed by atoms with E-state index in [-0.39, 0.29) is 6.42 Å². The highest BCUT2D eigenvalue weighted by Crippen LogP contribution is 2.17. The van der Waals surface area contributed by atoms with Crippen LogP contribution in [-0.2, 0) is 15.0 Å². The van der Waals surface area contributed by atoms with Crippen LogP contribution >= 0.6 is 0 Å². The Morgan fingerprint density at radius 2 is 1.67 bits per heavy atom. The summed E-state index contributed by atoms with van der Waals surface area (Å²) in [5, 5.41) is 9.06. The summed E-state index contributed by atoms with van der Waals surface area (Å²) in [4.78, 5) is 11.1.